The number of aliphatic hydroxyl groups is 1. The predicted molar refractivity (Wildman–Crippen MR) is 99.8 cm³/mol. The SMILES string of the molecule is C/C(=C\c1ccccc1)CN[C@@H]1CC(Cn2cc(C(=O)O)cn2)C[C@H]1O. The molecule has 0 bridgehead atoms. The molecule has 0 radical (unpaired) electrons. The van der Waals surface area contributed by atoms with Gasteiger partial charge >= 0.3 is 5.97 Å². The van der Waals surface area contributed by atoms with Crippen LogP contribution in [0.5, 0.6) is 0 Å². The lowest BCUT2D eigenvalue weighted by Crippen LogP contribution is -2.36. The van der Waals surface area contributed by atoms with E-state index >= 15 is 0 Å². The number of hydrogen-bond donors (Lipinski definition) is 3. The number of nitrogens with one attached hydrogen (secondary N) is 1. The second-order valence-corrected chi connectivity index (χ2v) is 7.05. The number of carboxylic acid groups (broad SMARTS) is 1. The standard InChI is InChI=1S/C20H25N3O3/c1-14(7-15-5-3-2-4-6-15)10-21-18-8-16(9-19(18)24)12-23-13-17(11-22-23)20(25)26/h2-7,11,13,16,18-19,21,24H,8-10,12H2,1H3,(H,25,26)/b14-7+/t16?,18-,19-/m1/s1. The van der Waals surface area contributed by atoms with Crippen molar-refractivity contribution in [3.8, 4) is 0 Å². The van der Waals surface area contributed by atoms with Gasteiger partial charge in [-0.25, -0.2) is 4.79 Å². The second-order valence-electron chi connectivity index (χ2n) is 7.05. The molecule has 1 fully saturated rings. The zero-order valence-corrected chi connectivity index (χ0v) is 14.9. The molecule has 1 aliphatic carbocycles. The average Bonchev–Trinajstić information content (AvgIpc) is 3.21. The Balaban J connectivity index is 1.50. The van der Waals surface area contributed by atoms with Gasteiger partial charge in [0.15, 0.2) is 0 Å². The number of benzene rings is 1. The number of carboxylic acids is 1. The summed E-state index contributed by atoms with van der Waals surface area (Å²) < 4.78 is 1.66. The first-order valence-corrected chi connectivity index (χ1v) is 8.90. The zero-order chi connectivity index (χ0) is 18.5. The summed E-state index contributed by atoms with van der Waals surface area (Å²) in [4.78, 5) is 10.9. The van der Waals surface area contributed by atoms with Gasteiger partial charge in [-0.3, -0.25) is 4.68 Å². The molecule has 3 atom stereocenters. The van der Waals surface area contributed by atoms with Crippen LogP contribution in [0.15, 0.2) is 48.3 Å². The Bertz CT molecular complexity index is 770. The van der Waals surface area contributed by atoms with Crippen LogP contribution in [0.2, 0.25) is 0 Å². The third kappa shape index (κ3) is 4.80. The summed E-state index contributed by atoms with van der Waals surface area (Å²) in [6.07, 6.45) is 6.20. The Hall–Kier alpha value is -2.44. The highest BCUT2D eigenvalue weighted by atomic mass is 16.4. The minimum absolute atomic E-state index is 0.0497. The van der Waals surface area contributed by atoms with Gasteiger partial charge in [0.05, 0.1) is 17.9 Å². The Morgan fingerprint density at radius 2 is 2.12 bits per heavy atom. The molecule has 0 saturated heterocycles. The van der Waals surface area contributed by atoms with Gasteiger partial charge in [0.2, 0.25) is 0 Å². The van der Waals surface area contributed by atoms with Gasteiger partial charge in [-0.05, 0) is 31.2 Å². The molecule has 1 unspecified atom stereocenters. The molecule has 1 aromatic carbocycles. The molecular formula is C20H25N3O3. The van der Waals surface area contributed by atoms with Crippen LogP contribution >= 0.6 is 0 Å². The van der Waals surface area contributed by atoms with E-state index in [0.717, 1.165) is 13.0 Å². The van der Waals surface area contributed by atoms with E-state index in [1.165, 1.54) is 17.3 Å². The van der Waals surface area contributed by atoms with Gasteiger partial charge in [0, 0.05) is 25.3 Å². The van der Waals surface area contributed by atoms with Gasteiger partial charge in [0.25, 0.3) is 0 Å². The van der Waals surface area contributed by atoms with Gasteiger partial charge in [-0.15, -0.1) is 0 Å². The summed E-state index contributed by atoms with van der Waals surface area (Å²) in [6.45, 7) is 3.44. The minimum Gasteiger partial charge on any atom is -0.478 e. The molecule has 1 saturated carbocycles. The third-order valence-electron chi connectivity index (χ3n) is 4.81. The second kappa shape index (κ2) is 8.29. The van der Waals surface area contributed by atoms with E-state index in [0.29, 0.717) is 13.0 Å². The first kappa shape index (κ1) is 18.4. The van der Waals surface area contributed by atoms with Crippen LogP contribution in [-0.2, 0) is 6.54 Å². The summed E-state index contributed by atoms with van der Waals surface area (Å²) in [6, 6.07) is 10.2. The highest BCUT2D eigenvalue weighted by Crippen LogP contribution is 2.27. The van der Waals surface area contributed by atoms with E-state index in [-0.39, 0.29) is 23.6 Å². The van der Waals surface area contributed by atoms with Crippen LogP contribution in [0, 0.1) is 5.92 Å². The summed E-state index contributed by atoms with van der Waals surface area (Å²) in [7, 11) is 0. The molecule has 1 heterocycles. The summed E-state index contributed by atoms with van der Waals surface area (Å²) in [5, 5.41) is 26.8. The number of nitrogens with zero attached hydrogens (tertiary/aromatic N) is 2. The molecule has 6 heteroatoms. The fraction of sp³-hybridized carbons (Fsp3) is 0.400. The molecule has 3 N–H and O–H groups in total. The van der Waals surface area contributed by atoms with Crippen LogP contribution in [0.3, 0.4) is 0 Å². The number of carbonyl (C=O) groups is 1. The van der Waals surface area contributed by atoms with Crippen molar-refractivity contribution in [2.45, 2.75) is 38.5 Å². The van der Waals surface area contributed by atoms with Crippen molar-refractivity contribution in [1.29, 1.82) is 0 Å². The van der Waals surface area contributed by atoms with Crippen molar-refractivity contribution in [2.24, 2.45) is 5.92 Å². The van der Waals surface area contributed by atoms with E-state index in [1.54, 1.807) is 10.9 Å². The molecule has 6 nitrogen and oxygen atoms in total. The smallest absolute Gasteiger partial charge is 0.338 e. The van der Waals surface area contributed by atoms with Gasteiger partial charge in [-0.2, -0.15) is 5.10 Å². The lowest BCUT2D eigenvalue weighted by Gasteiger charge is -2.16. The Morgan fingerprint density at radius 1 is 1.35 bits per heavy atom. The maximum Gasteiger partial charge on any atom is 0.338 e. The highest BCUT2D eigenvalue weighted by Gasteiger charge is 2.32. The third-order valence-corrected chi connectivity index (χ3v) is 4.81. The number of aromatic nitrogens is 2. The molecule has 1 aromatic heterocycles. The lowest BCUT2D eigenvalue weighted by molar-refractivity contribution is 0.0696. The van der Waals surface area contributed by atoms with Crippen LogP contribution in [0.4, 0.5) is 0 Å². The summed E-state index contributed by atoms with van der Waals surface area (Å²) >= 11 is 0. The van der Waals surface area contributed by atoms with Crippen LogP contribution < -0.4 is 5.32 Å². The Labute approximate surface area is 153 Å². The van der Waals surface area contributed by atoms with Gasteiger partial charge < -0.3 is 15.5 Å². The van der Waals surface area contributed by atoms with E-state index in [2.05, 4.69) is 35.5 Å². The summed E-state index contributed by atoms with van der Waals surface area (Å²) in [5.74, 6) is -0.689. The predicted octanol–water partition coefficient (Wildman–Crippen LogP) is 2.41. The molecular weight excluding hydrogens is 330 g/mol. The number of aromatic carboxylic acids is 1. The van der Waals surface area contributed by atoms with Crippen molar-refractivity contribution in [3.63, 3.8) is 0 Å². The van der Waals surface area contributed by atoms with Gasteiger partial charge in [0.1, 0.15) is 0 Å². The molecule has 0 aliphatic heterocycles. The van der Waals surface area contributed by atoms with Crippen LogP contribution in [0.1, 0.15) is 35.7 Å². The molecule has 1 aliphatic rings. The molecule has 0 amide bonds. The molecule has 138 valence electrons. The Kier molecular flexibility index (Phi) is 5.85. The quantitative estimate of drug-likeness (QED) is 0.710. The van der Waals surface area contributed by atoms with Crippen molar-refractivity contribution in [3.05, 3.63) is 59.4 Å². The minimum atomic E-state index is -0.970. The fourth-order valence-corrected chi connectivity index (χ4v) is 3.50. The van der Waals surface area contributed by atoms with Crippen LogP contribution in [0.25, 0.3) is 6.08 Å². The van der Waals surface area contributed by atoms with Crippen molar-refractivity contribution in [1.82, 2.24) is 15.1 Å². The number of hydrogen-bond acceptors (Lipinski definition) is 4. The molecule has 2 aromatic rings. The first-order chi connectivity index (χ1) is 12.5. The number of rotatable bonds is 7. The monoisotopic (exact) mass is 355 g/mol. The molecule has 0 spiro atoms. The van der Waals surface area contributed by atoms with Crippen LogP contribution in [-0.4, -0.2) is 44.7 Å². The summed E-state index contributed by atoms with van der Waals surface area (Å²) in [5.41, 5.74) is 2.58. The van der Waals surface area contributed by atoms with Crippen molar-refractivity contribution in [2.75, 3.05) is 6.54 Å². The zero-order valence-electron chi connectivity index (χ0n) is 14.9. The average molecular weight is 355 g/mol. The fourth-order valence-electron chi connectivity index (χ4n) is 3.50. The van der Waals surface area contributed by atoms with E-state index < -0.39 is 5.97 Å². The van der Waals surface area contributed by atoms with E-state index in [1.807, 2.05) is 18.2 Å². The van der Waals surface area contributed by atoms with Gasteiger partial charge in [-0.1, -0.05) is 42.0 Å². The topological polar surface area (TPSA) is 87.4 Å². The van der Waals surface area contributed by atoms with Crippen molar-refractivity contribution >= 4 is 12.0 Å². The first-order valence-electron chi connectivity index (χ1n) is 8.90. The maximum atomic E-state index is 10.9. The largest absolute Gasteiger partial charge is 0.478 e. The highest BCUT2D eigenvalue weighted by molar-refractivity contribution is 5.86. The van der Waals surface area contributed by atoms with Crippen molar-refractivity contribution < 1.29 is 15.0 Å². The maximum absolute atomic E-state index is 10.9. The molecule has 26 heavy (non-hydrogen) atoms. The molecule has 3 rings (SSSR count). The lowest BCUT2D eigenvalue weighted by atomic mass is 10.1. The number of aliphatic hydroxyl groups excluding tert-OH is 1. The van der Waals surface area contributed by atoms with E-state index in [9.17, 15) is 9.90 Å². The normalized spacial score (nSPS) is 23.3. The van der Waals surface area contributed by atoms with E-state index in [4.69, 9.17) is 5.11 Å². The Morgan fingerprint density at radius 3 is 2.81 bits per heavy atom.